The number of rotatable bonds is 14. The van der Waals surface area contributed by atoms with E-state index < -0.39 is 34.2 Å². The van der Waals surface area contributed by atoms with Crippen LogP contribution in [0, 0.1) is 0 Å². The minimum atomic E-state index is -4.80. The molecule has 0 aliphatic heterocycles. The first-order valence-corrected chi connectivity index (χ1v) is 15.7. The minimum Gasteiger partial charge on any atom is -0.744 e. The van der Waals surface area contributed by atoms with Crippen LogP contribution in [0.5, 0.6) is 0 Å². The van der Waals surface area contributed by atoms with Gasteiger partial charge in [0.05, 0.1) is 61.5 Å². The molecule has 1 rings (SSSR count). The van der Waals surface area contributed by atoms with E-state index >= 15 is 0 Å². The summed E-state index contributed by atoms with van der Waals surface area (Å²) in [6, 6.07) is 2.74. The summed E-state index contributed by atoms with van der Waals surface area (Å²) in [7, 11) is -3.43. The Bertz CT molecular complexity index is 799. The quantitative estimate of drug-likeness (QED) is 0.215. The lowest BCUT2D eigenvalue weighted by molar-refractivity contribution is 0.0598. The summed E-state index contributed by atoms with van der Waals surface area (Å²) in [5.74, 6) is -1.74. The predicted octanol–water partition coefficient (Wildman–Crippen LogP) is 4.56. The van der Waals surface area contributed by atoms with Gasteiger partial charge in [0.2, 0.25) is 0 Å². The van der Waals surface area contributed by atoms with Gasteiger partial charge < -0.3 is 19.1 Å². The molecule has 0 aromatic heterocycles. The summed E-state index contributed by atoms with van der Waals surface area (Å²) in [5.41, 5.74) is -0.454. The zero-order valence-corrected chi connectivity index (χ0v) is 22.9. The first-order chi connectivity index (χ1) is 16.0. The van der Waals surface area contributed by atoms with Crippen LogP contribution in [0.1, 0.15) is 80.0 Å². The van der Waals surface area contributed by atoms with Gasteiger partial charge in [-0.1, -0.05) is 40.0 Å². The molecule has 0 saturated carbocycles. The zero-order valence-electron chi connectivity index (χ0n) is 21.2. The van der Waals surface area contributed by atoms with Gasteiger partial charge in [-0.25, -0.2) is 18.0 Å². The second kappa shape index (κ2) is 17.0. The molecule has 10 heteroatoms. The molecule has 0 radical (unpaired) electrons. The fourth-order valence-electron chi connectivity index (χ4n) is 3.58. The van der Waals surface area contributed by atoms with Crippen molar-refractivity contribution in [2.75, 3.05) is 45.5 Å². The van der Waals surface area contributed by atoms with Gasteiger partial charge in [-0.05, 0) is 37.5 Å². The van der Waals surface area contributed by atoms with Crippen molar-refractivity contribution in [2.24, 2.45) is 0 Å². The molecule has 8 nitrogen and oxygen atoms in total. The topological polar surface area (TPSA) is 130 Å². The average molecular weight is 521 g/mol. The number of carbonyl (C=O) groups excluding carboxylic acids is 2. The smallest absolute Gasteiger partial charge is 0.337 e. The fourth-order valence-corrected chi connectivity index (χ4v) is 8.85. The standard InChI is InChI=1S/C14H32OP.C10H10O7S/c1-4-7-11-16(14-10-15,12-8-5-2)13-9-6-3;1-16-9(11)6-3-7(10(12)17-2)5-8(4-6)18(13,14)15/h15H,4-14H2,1-3H3;3-5H,1-2H3,(H,13,14,15)/q+1;/p-1. The largest absolute Gasteiger partial charge is 0.744 e. The number of unbranched alkanes of at least 4 members (excludes halogenated alkanes) is 3. The van der Waals surface area contributed by atoms with Crippen LogP contribution >= 0.6 is 7.26 Å². The Balaban J connectivity index is 0.000000646. The molecule has 34 heavy (non-hydrogen) atoms. The molecule has 1 N–H and O–H groups in total. The molecule has 196 valence electrons. The Morgan fingerprint density at radius 2 is 1.21 bits per heavy atom. The van der Waals surface area contributed by atoms with Crippen LogP contribution in [0.25, 0.3) is 0 Å². The lowest BCUT2D eigenvalue weighted by Gasteiger charge is -2.27. The zero-order chi connectivity index (χ0) is 26.2. The van der Waals surface area contributed by atoms with Crippen molar-refractivity contribution >= 4 is 29.3 Å². The van der Waals surface area contributed by atoms with E-state index in [4.69, 9.17) is 0 Å². The number of esters is 2. The van der Waals surface area contributed by atoms with E-state index in [0.29, 0.717) is 6.61 Å². The first-order valence-electron chi connectivity index (χ1n) is 11.8. The molecule has 0 unspecified atom stereocenters. The maximum absolute atomic E-state index is 11.3. The minimum absolute atomic E-state index is 0.227. The molecule has 0 bridgehead atoms. The molecule has 0 atom stereocenters. The van der Waals surface area contributed by atoms with Crippen molar-refractivity contribution in [3.05, 3.63) is 29.3 Å². The highest BCUT2D eigenvalue weighted by Gasteiger charge is 2.34. The van der Waals surface area contributed by atoms with Crippen LogP contribution in [0.15, 0.2) is 23.1 Å². The second-order valence-corrected chi connectivity index (χ2v) is 14.1. The summed E-state index contributed by atoms with van der Waals surface area (Å²) in [6.45, 7) is 7.28. The summed E-state index contributed by atoms with van der Waals surface area (Å²) in [6.07, 6.45) is 13.5. The van der Waals surface area contributed by atoms with Crippen molar-refractivity contribution < 1.29 is 37.1 Å². The van der Waals surface area contributed by atoms with E-state index in [2.05, 4.69) is 30.2 Å². The van der Waals surface area contributed by atoms with Crippen LogP contribution < -0.4 is 0 Å². The molecule has 0 spiro atoms. The van der Waals surface area contributed by atoms with Crippen molar-refractivity contribution in [2.45, 2.75) is 64.2 Å². The van der Waals surface area contributed by atoms with Gasteiger partial charge in [-0.2, -0.15) is 0 Å². The van der Waals surface area contributed by atoms with Crippen molar-refractivity contribution in [1.29, 1.82) is 0 Å². The normalized spacial score (nSPS) is 11.4. The van der Waals surface area contributed by atoms with E-state index in [-0.39, 0.29) is 11.1 Å². The van der Waals surface area contributed by atoms with E-state index in [9.17, 15) is 27.7 Å². The van der Waals surface area contributed by atoms with Gasteiger partial charge in [0, 0.05) is 7.26 Å². The number of benzene rings is 1. The molecule has 0 aliphatic carbocycles. The monoisotopic (exact) mass is 520 g/mol. The molecular weight excluding hydrogens is 479 g/mol. The van der Waals surface area contributed by atoms with Gasteiger partial charge in [0.15, 0.2) is 0 Å². The van der Waals surface area contributed by atoms with Crippen molar-refractivity contribution in [3.63, 3.8) is 0 Å². The third-order valence-corrected chi connectivity index (χ3v) is 11.3. The molecular formula is C24H41O8PS. The maximum Gasteiger partial charge on any atom is 0.337 e. The Labute approximate surface area is 205 Å². The molecule has 0 saturated heterocycles. The highest BCUT2D eigenvalue weighted by Crippen LogP contribution is 2.60. The lowest BCUT2D eigenvalue weighted by atomic mass is 10.1. The third kappa shape index (κ3) is 11.7. The fraction of sp³-hybridized carbons (Fsp3) is 0.667. The second-order valence-electron chi connectivity index (χ2n) is 8.20. The van der Waals surface area contributed by atoms with Gasteiger partial charge in [0.1, 0.15) is 10.1 Å². The van der Waals surface area contributed by atoms with Crippen LogP contribution in [-0.2, 0) is 19.6 Å². The number of methoxy groups -OCH3 is 2. The molecule has 1 aromatic rings. The van der Waals surface area contributed by atoms with Crippen LogP contribution in [0.2, 0.25) is 0 Å². The van der Waals surface area contributed by atoms with E-state index in [0.717, 1.165) is 38.6 Å². The van der Waals surface area contributed by atoms with Gasteiger partial charge in [-0.15, -0.1) is 0 Å². The Kier molecular flexibility index (Phi) is 16.2. The van der Waals surface area contributed by atoms with Crippen LogP contribution in [0.3, 0.4) is 0 Å². The summed E-state index contributed by atoms with van der Waals surface area (Å²) in [5, 5.41) is 9.33. The summed E-state index contributed by atoms with van der Waals surface area (Å²) in [4.78, 5) is 21.9. The number of hydrogen-bond acceptors (Lipinski definition) is 8. The molecule has 1 aromatic carbocycles. The third-order valence-electron chi connectivity index (χ3n) is 5.57. The molecule has 0 amide bonds. The summed E-state index contributed by atoms with van der Waals surface area (Å²) >= 11 is 0. The van der Waals surface area contributed by atoms with Gasteiger partial charge >= 0.3 is 11.9 Å². The van der Waals surface area contributed by atoms with Gasteiger partial charge in [-0.3, -0.25) is 0 Å². The van der Waals surface area contributed by atoms with Crippen molar-refractivity contribution in [1.82, 2.24) is 0 Å². The highest BCUT2D eigenvalue weighted by molar-refractivity contribution is 7.85. The number of carbonyl (C=O) groups is 2. The molecule has 0 fully saturated rings. The Morgan fingerprint density at radius 3 is 1.47 bits per heavy atom. The summed E-state index contributed by atoms with van der Waals surface area (Å²) < 4.78 is 41.5. The number of hydrogen-bond donors (Lipinski definition) is 1. The van der Waals surface area contributed by atoms with Crippen molar-refractivity contribution in [3.8, 4) is 0 Å². The molecule has 0 aliphatic rings. The predicted molar refractivity (Wildman–Crippen MR) is 135 cm³/mol. The number of aliphatic hydroxyl groups excluding tert-OH is 1. The Hall–Kier alpha value is -1.54. The van der Waals surface area contributed by atoms with Crippen LogP contribution in [0.4, 0.5) is 0 Å². The highest BCUT2D eigenvalue weighted by atomic mass is 32.2. The number of ether oxygens (including phenoxy) is 2. The van der Waals surface area contributed by atoms with E-state index in [1.54, 1.807) is 0 Å². The Morgan fingerprint density at radius 1 is 0.824 bits per heavy atom. The first kappa shape index (κ1) is 32.5. The van der Waals surface area contributed by atoms with E-state index in [1.165, 1.54) is 57.0 Å². The maximum atomic E-state index is 11.3. The SMILES string of the molecule is CCCC[P+](CCO)(CCCC)CCCC.COC(=O)c1cc(C(=O)OC)cc(S(=O)(=O)[O-])c1. The van der Waals surface area contributed by atoms with Gasteiger partial charge in [0.25, 0.3) is 0 Å². The average Bonchev–Trinajstić information content (AvgIpc) is 2.83. The van der Waals surface area contributed by atoms with Crippen LogP contribution in [-0.4, -0.2) is 75.5 Å². The number of aliphatic hydroxyl groups is 1. The van der Waals surface area contributed by atoms with E-state index in [1.807, 2.05) is 0 Å². The lowest BCUT2D eigenvalue weighted by Crippen LogP contribution is -2.14. The molecule has 0 heterocycles.